The van der Waals surface area contributed by atoms with Gasteiger partial charge in [0.15, 0.2) is 0 Å². The second kappa shape index (κ2) is 5.86. The summed E-state index contributed by atoms with van der Waals surface area (Å²) in [4.78, 5) is 4.27. The molecule has 0 saturated carbocycles. The summed E-state index contributed by atoms with van der Waals surface area (Å²) < 4.78 is 0. The van der Waals surface area contributed by atoms with Crippen LogP contribution in [0.4, 0.5) is 5.82 Å². The van der Waals surface area contributed by atoms with Crippen LogP contribution in [0.2, 0.25) is 0 Å². The van der Waals surface area contributed by atoms with Crippen LogP contribution in [0, 0.1) is 12.8 Å². The van der Waals surface area contributed by atoms with Crippen LogP contribution in [-0.4, -0.2) is 17.4 Å². The zero-order valence-electron chi connectivity index (χ0n) is 8.76. The molecule has 0 fully saturated rings. The van der Waals surface area contributed by atoms with Crippen LogP contribution >= 0.6 is 11.6 Å². The molecule has 2 nitrogen and oxygen atoms in total. The van der Waals surface area contributed by atoms with Crippen LogP contribution in [0.25, 0.3) is 0 Å². The molecule has 14 heavy (non-hydrogen) atoms. The van der Waals surface area contributed by atoms with E-state index in [-0.39, 0.29) is 0 Å². The van der Waals surface area contributed by atoms with Gasteiger partial charge in [-0.15, -0.1) is 11.6 Å². The predicted octanol–water partition coefficient (Wildman–Crippen LogP) is 3.07. The summed E-state index contributed by atoms with van der Waals surface area (Å²) in [5, 5.41) is 3.29. The van der Waals surface area contributed by atoms with Gasteiger partial charge in [-0.05, 0) is 30.9 Å². The quantitative estimate of drug-likeness (QED) is 0.759. The van der Waals surface area contributed by atoms with Gasteiger partial charge in [-0.3, -0.25) is 0 Å². The average Bonchev–Trinajstić information content (AvgIpc) is 2.17. The highest BCUT2D eigenvalue weighted by Gasteiger charge is 2.00. The number of anilines is 1. The number of rotatable bonds is 5. The SMILES string of the molecule is Cc1ccc(NCC(C)CCCl)nc1. The third-order valence-corrected chi connectivity index (χ3v) is 2.36. The Morgan fingerprint density at radius 2 is 2.29 bits per heavy atom. The second-order valence-corrected chi connectivity index (χ2v) is 4.06. The van der Waals surface area contributed by atoms with Crippen molar-refractivity contribution in [2.75, 3.05) is 17.7 Å². The molecule has 1 rings (SSSR count). The molecule has 0 aliphatic rings. The number of alkyl halides is 1. The Labute approximate surface area is 90.7 Å². The first-order chi connectivity index (χ1) is 6.72. The van der Waals surface area contributed by atoms with E-state index in [0.717, 1.165) is 24.7 Å². The van der Waals surface area contributed by atoms with Crippen LogP contribution in [0.5, 0.6) is 0 Å². The van der Waals surface area contributed by atoms with E-state index in [1.54, 1.807) is 0 Å². The van der Waals surface area contributed by atoms with E-state index in [4.69, 9.17) is 11.6 Å². The number of hydrogen-bond acceptors (Lipinski definition) is 2. The molecule has 0 aliphatic heterocycles. The maximum atomic E-state index is 5.66. The Kier molecular flexibility index (Phi) is 4.74. The summed E-state index contributed by atoms with van der Waals surface area (Å²) in [5.74, 6) is 2.26. The first kappa shape index (κ1) is 11.3. The van der Waals surface area contributed by atoms with Crippen molar-refractivity contribution in [3.8, 4) is 0 Å². The molecule has 1 aromatic heterocycles. The van der Waals surface area contributed by atoms with E-state index in [1.165, 1.54) is 5.56 Å². The van der Waals surface area contributed by atoms with E-state index < -0.39 is 0 Å². The summed E-state index contributed by atoms with van der Waals surface area (Å²) in [5.41, 5.74) is 1.18. The van der Waals surface area contributed by atoms with E-state index in [0.29, 0.717) is 5.92 Å². The van der Waals surface area contributed by atoms with Gasteiger partial charge in [0.05, 0.1) is 0 Å². The number of pyridine rings is 1. The van der Waals surface area contributed by atoms with Crippen LogP contribution in [0.15, 0.2) is 18.3 Å². The first-order valence-corrected chi connectivity index (χ1v) is 5.48. The molecule has 0 saturated heterocycles. The van der Waals surface area contributed by atoms with Gasteiger partial charge < -0.3 is 5.32 Å². The molecule has 0 radical (unpaired) electrons. The minimum Gasteiger partial charge on any atom is -0.370 e. The molecule has 0 aromatic carbocycles. The fourth-order valence-corrected chi connectivity index (χ4v) is 1.51. The van der Waals surface area contributed by atoms with Crippen molar-refractivity contribution in [1.29, 1.82) is 0 Å². The molecule has 0 spiro atoms. The van der Waals surface area contributed by atoms with Crippen molar-refractivity contribution in [2.24, 2.45) is 5.92 Å². The minimum atomic E-state index is 0.593. The van der Waals surface area contributed by atoms with E-state index in [2.05, 4.69) is 23.3 Å². The van der Waals surface area contributed by atoms with E-state index in [1.807, 2.05) is 19.2 Å². The van der Waals surface area contributed by atoms with E-state index >= 15 is 0 Å². The standard InChI is InChI=1S/C11H17ClN2/c1-9-3-4-11(13-7-9)14-8-10(2)5-6-12/h3-4,7,10H,5-6,8H2,1-2H3,(H,13,14). The van der Waals surface area contributed by atoms with E-state index in [9.17, 15) is 0 Å². The van der Waals surface area contributed by atoms with Gasteiger partial charge in [-0.25, -0.2) is 4.98 Å². The predicted molar refractivity (Wildman–Crippen MR) is 62.0 cm³/mol. The van der Waals surface area contributed by atoms with Crippen molar-refractivity contribution in [2.45, 2.75) is 20.3 Å². The Morgan fingerprint density at radius 3 is 2.86 bits per heavy atom. The summed E-state index contributed by atoms with van der Waals surface area (Å²) in [6.45, 7) is 5.15. The van der Waals surface area contributed by atoms with Crippen molar-refractivity contribution in [1.82, 2.24) is 4.98 Å². The summed E-state index contributed by atoms with van der Waals surface area (Å²) in [6.07, 6.45) is 2.91. The molecule has 1 aromatic rings. The fourth-order valence-electron chi connectivity index (χ4n) is 1.14. The summed E-state index contributed by atoms with van der Waals surface area (Å²) >= 11 is 5.66. The van der Waals surface area contributed by atoms with Gasteiger partial charge in [0.25, 0.3) is 0 Å². The average molecular weight is 213 g/mol. The second-order valence-electron chi connectivity index (χ2n) is 3.68. The number of nitrogens with one attached hydrogen (secondary N) is 1. The molecule has 1 N–H and O–H groups in total. The lowest BCUT2D eigenvalue weighted by Gasteiger charge is -2.11. The third-order valence-electron chi connectivity index (χ3n) is 2.14. The summed E-state index contributed by atoms with van der Waals surface area (Å²) in [7, 11) is 0. The fraction of sp³-hybridized carbons (Fsp3) is 0.545. The van der Waals surface area contributed by atoms with Gasteiger partial charge in [-0.1, -0.05) is 13.0 Å². The number of halogens is 1. The normalized spacial score (nSPS) is 12.5. The zero-order valence-corrected chi connectivity index (χ0v) is 9.51. The highest BCUT2D eigenvalue weighted by atomic mass is 35.5. The van der Waals surface area contributed by atoms with Crippen molar-refractivity contribution < 1.29 is 0 Å². The smallest absolute Gasteiger partial charge is 0.125 e. The molecule has 1 unspecified atom stereocenters. The van der Waals surface area contributed by atoms with Gasteiger partial charge in [-0.2, -0.15) is 0 Å². The van der Waals surface area contributed by atoms with Gasteiger partial charge in [0.2, 0.25) is 0 Å². The van der Waals surface area contributed by atoms with Crippen molar-refractivity contribution >= 4 is 17.4 Å². The topological polar surface area (TPSA) is 24.9 Å². The largest absolute Gasteiger partial charge is 0.370 e. The number of hydrogen-bond donors (Lipinski definition) is 1. The maximum Gasteiger partial charge on any atom is 0.125 e. The molecule has 0 bridgehead atoms. The molecule has 0 amide bonds. The van der Waals surface area contributed by atoms with Crippen LogP contribution in [0.1, 0.15) is 18.9 Å². The lowest BCUT2D eigenvalue weighted by atomic mass is 10.1. The highest BCUT2D eigenvalue weighted by molar-refractivity contribution is 6.17. The van der Waals surface area contributed by atoms with Crippen LogP contribution in [0.3, 0.4) is 0 Å². The number of aromatic nitrogens is 1. The van der Waals surface area contributed by atoms with Crippen LogP contribution in [-0.2, 0) is 0 Å². The van der Waals surface area contributed by atoms with Crippen molar-refractivity contribution in [3.05, 3.63) is 23.9 Å². The Hall–Kier alpha value is -0.760. The Balaban J connectivity index is 2.34. The zero-order chi connectivity index (χ0) is 10.4. The molecular weight excluding hydrogens is 196 g/mol. The molecule has 78 valence electrons. The maximum absolute atomic E-state index is 5.66. The number of aryl methyl sites for hydroxylation is 1. The van der Waals surface area contributed by atoms with Gasteiger partial charge in [0.1, 0.15) is 5.82 Å². The molecule has 1 atom stereocenters. The lowest BCUT2D eigenvalue weighted by molar-refractivity contribution is 0.596. The first-order valence-electron chi connectivity index (χ1n) is 4.95. The summed E-state index contributed by atoms with van der Waals surface area (Å²) in [6, 6.07) is 4.06. The van der Waals surface area contributed by atoms with Gasteiger partial charge >= 0.3 is 0 Å². The van der Waals surface area contributed by atoms with Crippen molar-refractivity contribution in [3.63, 3.8) is 0 Å². The number of nitrogens with zero attached hydrogens (tertiary/aromatic N) is 1. The highest BCUT2D eigenvalue weighted by Crippen LogP contribution is 2.07. The molecular formula is C11H17ClN2. The van der Waals surface area contributed by atoms with Gasteiger partial charge in [0, 0.05) is 18.6 Å². The molecule has 0 aliphatic carbocycles. The van der Waals surface area contributed by atoms with Crippen LogP contribution < -0.4 is 5.32 Å². The lowest BCUT2D eigenvalue weighted by Crippen LogP contribution is -2.12. The minimum absolute atomic E-state index is 0.593. The Morgan fingerprint density at radius 1 is 1.50 bits per heavy atom. The molecule has 3 heteroatoms. The monoisotopic (exact) mass is 212 g/mol. The Bertz CT molecular complexity index is 258. The third kappa shape index (κ3) is 3.97. The molecule has 1 heterocycles.